The zero-order valence-corrected chi connectivity index (χ0v) is 8.05. The van der Waals surface area contributed by atoms with E-state index in [-0.39, 0.29) is 5.78 Å². The van der Waals surface area contributed by atoms with Gasteiger partial charge in [-0.1, -0.05) is 12.2 Å². The summed E-state index contributed by atoms with van der Waals surface area (Å²) in [5.74, 6) is -0.529. The highest BCUT2D eigenvalue weighted by atomic mass is 16.5. The van der Waals surface area contributed by atoms with Gasteiger partial charge in [0, 0.05) is 6.42 Å². The molecule has 13 heavy (non-hydrogen) atoms. The molecular weight excluding hydrogens is 168 g/mol. The summed E-state index contributed by atoms with van der Waals surface area (Å²) in [6.45, 7) is 7.37. The molecule has 0 N–H and O–H groups in total. The Labute approximate surface area is 77.8 Å². The first-order valence-corrected chi connectivity index (χ1v) is 4.42. The van der Waals surface area contributed by atoms with Gasteiger partial charge in [-0.15, -0.1) is 0 Å². The SMILES string of the molecule is C=C1CCC(=O)C1(C)C(=O)OCC. The minimum absolute atomic E-state index is 0.0732. The molecule has 1 rings (SSSR count). The van der Waals surface area contributed by atoms with E-state index in [1.807, 2.05) is 0 Å². The Morgan fingerprint density at radius 3 is 2.62 bits per heavy atom. The topological polar surface area (TPSA) is 43.4 Å². The monoisotopic (exact) mass is 182 g/mol. The van der Waals surface area contributed by atoms with E-state index in [0.717, 1.165) is 0 Å². The highest BCUT2D eigenvalue weighted by molar-refractivity contribution is 6.08. The Kier molecular flexibility index (Phi) is 2.55. The fraction of sp³-hybridized carbons (Fsp3) is 0.600. The van der Waals surface area contributed by atoms with Crippen LogP contribution in [0.2, 0.25) is 0 Å². The zero-order valence-electron chi connectivity index (χ0n) is 8.05. The lowest BCUT2D eigenvalue weighted by atomic mass is 9.84. The Morgan fingerprint density at radius 2 is 2.23 bits per heavy atom. The van der Waals surface area contributed by atoms with Crippen molar-refractivity contribution in [3.05, 3.63) is 12.2 Å². The molecule has 1 unspecified atom stereocenters. The average Bonchev–Trinajstić information content (AvgIpc) is 2.35. The van der Waals surface area contributed by atoms with E-state index in [2.05, 4.69) is 6.58 Å². The molecule has 0 aliphatic heterocycles. The first kappa shape index (κ1) is 9.96. The van der Waals surface area contributed by atoms with Gasteiger partial charge in [-0.2, -0.15) is 0 Å². The number of esters is 1. The molecule has 0 spiro atoms. The van der Waals surface area contributed by atoms with Crippen LogP contribution in [0.15, 0.2) is 12.2 Å². The van der Waals surface area contributed by atoms with Gasteiger partial charge < -0.3 is 4.74 Å². The first-order chi connectivity index (χ1) is 6.03. The quantitative estimate of drug-likeness (QED) is 0.369. The predicted molar refractivity (Wildman–Crippen MR) is 48.1 cm³/mol. The maximum absolute atomic E-state index is 11.5. The van der Waals surface area contributed by atoms with Crippen LogP contribution in [0.25, 0.3) is 0 Å². The molecule has 1 atom stereocenters. The number of rotatable bonds is 2. The van der Waals surface area contributed by atoms with Crippen LogP contribution in [-0.2, 0) is 14.3 Å². The summed E-state index contributed by atoms with van der Waals surface area (Å²) in [6.07, 6.45) is 1.02. The van der Waals surface area contributed by atoms with Gasteiger partial charge in [0.05, 0.1) is 6.61 Å². The highest BCUT2D eigenvalue weighted by Crippen LogP contribution is 2.39. The molecule has 1 aliphatic carbocycles. The molecule has 0 bridgehead atoms. The van der Waals surface area contributed by atoms with E-state index >= 15 is 0 Å². The van der Waals surface area contributed by atoms with Crippen LogP contribution in [0.5, 0.6) is 0 Å². The van der Waals surface area contributed by atoms with E-state index < -0.39 is 11.4 Å². The largest absolute Gasteiger partial charge is 0.465 e. The third-order valence-corrected chi connectivity index (χ3v) is 2.60. The van der Waals surface area contributed by atoms with Crippen molar-refractivity contribution in [1.29, 1.82) is 0 Å². The van der Waals surface area contributed by atoms with Gasteiger partial charge in [0.15, 0.2) is 5.78 Å². The van der Waals surface area contributed by atoms with Crippen molar-refractivity contribution in [1.82, 2.24) is 0 Å². The van der Waals surface area contributed by atoms with Crippen molar-refractivity contribution < 1.29 is 14.3 Å². The minimum Gasteiger partial charge on any atom is -0.465 e. The van der Waals surface area contributed by atoms with Crippen LogP contribution in [0.3, 0.4) is 0 Å². The first-order valence-electron chi connectivity index (χ1n) is 4.42. The van der Waals surface area contributed by atoms with Crippen molar-refractivity contribution in [3.8, 4) is 0 Å². The molecule has 3 nitrogen and oxygen atoms in total. The van der Waals surface area contributed by atoms with Crippen LogP contribution in [0.4, 0.5) is 0 Å². The number of hydrogen-bond donors (Lipinski definition) is 0. The molecule has 0 aromatic rings. The average molecular weight is 182 g/mol. The summed E-state index contributed by atoms with van der Waals surface area (Å²) in [6, 6.07) is 0. The predicted octanol–water partition coefficient (Wildman–Crippen LogP) is 1.47. The zero-order chi connectivity index (χ0) is 10.1. The Morgan fingerprint density at radius 1 is 1.62 bits per heavy atom. The van der Waals surface area contributed by atoms with E-state index in [9.17, 15) is 9.59 Å². The van der Waals surface area contributed by atoms with Crippen molar-refractivity contribution >= 4 is 11.8 Å². The van der Waals surface area contributed by atoms with Crippen molar-refractivity contribution in [3.63, 3.8) is 0 Å². The second-order valence-corrected chi connectivity index (χ2v) is 3.37. The van der Waals surface area contributed by atoms with Crippen LogP contribution < -0.4 is 0 Å². The summed E-state index contributed by atoms with van der Waals surface area (Å²) in [7, 11) is 0. The summed E-state index contributed by atoms with van der Waals surface area (Å²) in [5, 5.41) is 0. The fourth-order valence-corrected chi connectivity index (χ4v) is 1.50. The van der Waals surface area contributed by atoms with Gasteiger partial charge in [-0.05, 0) is 20.3 Å². The molecular formula is C10H14O3. The lowest BCUT2D eigenvalue weighted by Crippen LogP contribution is -2.34. The second kappa shape index (κ2) is 3.32. The van der Waals surface area contributed by atoms with Gasteiger partial charge in [-0.3, -0.25) is 9.59 Å². The lowest BCUT2D eigenvalue weighted by Gasteiger charge is -2.20. The van der Waals surface area contributed by atoms with E-state index in [4.69, 9.17) is 4.74 Å². The summed E-state index contributed by atoms with van der Waals surface area (Å²) >= 11 is 0. The van der Waals surface area contributed by atoms with E-state index in [0.29, 0.717) is 25.0 Å². The van der Waals surface area contributed by atoms with Crippen LogP contribution in [0.1, 0.15) is 26.7 Å². The maximum atomic E-state index is 11.5. The van der Waals surface area contributed by atoms with E-state index in [1.165, 1.54) is 0 Å². The summed E-state index contributed by atoms with van der Waals surface area (Å²) in [5.41, 5.74) is -0.397. The molecule has 3 heteroatoms. The molecule has 0 aromatic heterocycles. The van der Waals surface area contributed by atoms with Crippen molar-refractivity contribution in [2.75, 3.05) is 6.61 Å². The smallest absolute Gasteiger partial charge is 0.323 e. The maximum Gasteiger partial charge on any atom is 0.323 e. The normalized spacial score (nSPS) is 27.8. The Hall–Kier alpha value is -1.12. The van der Waals surface area contributed by atoms with Crippen LogP contribution in [0, 0.1) is 5.41 Å². The molecule has 1 fully saturated rings. The number of ketones is 1. The van der Waals surface area contributed by atoms with Gasteiger partial charge in [0.25, 0.3) is 0 Å². The highest BCUT2D eigenvalue weighted by Gasteiger charge is 2.48. The second-order valence-electron chi connectivity index (χ2n) is 3.37. The number of carbonyl (C=O) groups is 2. The number of hydrogen-bond acceptors (Lipinski definition) is 3. The minimum atomic E-state index is -1.07. The summed E-state index contributed by atoms with van der Waals surface area (Å²) in [4.78, 5) is 22.9. The van der Waals surface area contributed by atoms with Gasteiger partial charge in [0.1, 0.15) is 5.41 Å². The van der Waals surface area contributed by atoms with Gasteiger partial charge >= 0.3 is 5.97 Å². The summed E-state index contributed by atoms with van der Waals surface area (Å²) < 4.78 is 4.85. The van der Waals surface area contributed by atoms with Gasteiger partial charge in [-0.25, -0.2) is 0 Å². The Balaban J connectivity index is 2.90. The van der Waals surface area contributed by atoms with Crippen molar-refractivity contribution in [2.24, 2.45) is 5.41 Å². The Bertz CT molecular complexity index is 249. The van der Waals surface area contributed by atoms with Crippen LogP contribution in [-0.4, -0.2) is 18.4 Å². The molecule has 0 saturated heterocycles. The molecule has 0 amide bonds. The molecule has 0 radical (unpaired) electrons. The number of ether oxygens (including phenoxy) is 1. The number of Topliss-reactive ketones (excluding diaryl/α,β-unsaturated/α-hetero) is 1. The third kappa shape index (κ3) is 1.39. The van der Waals surface area contributed by atoms with E-state index in [1.54, 1.807) is 13.8 Å². The third-order valence-electron chi connectivity index (χ3n) is 2.60. The van der Waals surface area contributed by atoms with Crippen molar-refractivity contribution in [2.45, 2.75) is 26.7 Å². The van der Waals surface area contributed by atoms with Gasteiger partial charge in [0.2, 0.25) is 0 Å². The lowest BCUT2D eigenvalue weighted by molar-refractivity contribution is -0.155. The fourth-order valence-electron chi connectivity index (χ4n) is 1.50. The molecule has 72 valence electrons. The standard InChI is InChI=1S/C10H14O3/c1-4-13-9(12)10(3)7(2)5-6-8(10)11/h2,4-6H2,1,3H3. The number of carbonyl (C=O) groups excluding carboxylic acids is 2. The molecule has 0 aromatic carbocycles. The molecule has 1 aliphatic rings. The molecule has 1 saturated carbocycles. The van der Waals surface area contributed by atoms with Crippen LogP contribution >= 0.6 is 0 Å². The molecule has 0 heterocycles.